The lowest BCUT2D eigenvalue weighted by Gasteiger charge is -2.15. The lowest BCUT2D eigenvalue weighted by molar-refractivity contribution is -0.117. The molecule has 25 heavy (non-hydrogen) atoms. The molecule has 5 nitrogen and oxygen atoms in total. The van der Waals surface area contributed by atoms with E-state index in [9.17, 15) is 9.59 Å². The van der Waals surface area contributed by atoms with Crippen LogP contribution in [0.1, 0.15) is 39.0 Å². The molecule has 7 heteroatoms. The van der Waals surface area contributed by atoms with Crippen LogP contribution in [-0.2, 0) is 28.9 Å². The van der Waals surface area contributed by atoms with Gasteiger partial charge in [0, 0.05) is 16.3 Å². The average molecular weight is 379 g/mol. The summed E-state index contributed by atoms with van der Waals surface area (Å²) in [5.74, 6) is -0.436. The number of esters is 1. The lowest BCUT2D eigenvalue weighted by atomic mass is 10.1. The number of anilines is 1. The minimum Gasteiger partial charge on any atom is -0.462 e. The normalized spacial score (nSPS) is 13.1. The number of hydrogen-bond donors (Lipinski definition) is 1. The molecule has 0 unspecified atom stereocenters. The van der Waals surface area contributed by atoms with Gasteiger partial charge in [0.25, 0.3) is 0 Å². The standard InChI is InChI=1S/C18H22N2O3S2/c1-3-23-18(22)16-13-7-4-8-14(13)25-17(16)19-15(21)11-20(2)10-12-6-5-9-24-12/h5-6,9H,3-4,7-8,10-11H2,1-2H3,(H,19,21). The SMILES string of the molecule is CCOC(=O)c1c(NC(=O)CN(C)Cc2cccs2)sc2c1CCC2. The first-order chi connectivity index (χ1) is 12.1. The summed E-state index contributed by atoms with van der Waals surface area (Å²) in [7, 11) is 1.92. The molecule has 2 aromatic heterocycles. The Morgan fingerprint density at radius 2 is 2.20 bits per heavy atom. The third-order valence-electron chi connectivity index (χ3n) is 4.07. The number of ether oxygens (including phenoxy) is 1. The molecule has 0 saturated heterocycles. The van der Waals surface area contributed by atoms with Crippen LogP contribution in [0, 0.1) is 0 Å². The van der Waals surface area contributed by atoms with Gasteiger partial charge in [0.05, 0.1) is 18.7 Å². The van der Waals surface area contributed by atoms with E-state index in [1.807, 2.05) is 23.4 Å². The second-order valence-corrected chi connectivity index (χ2v) is 8.22. The van der Waals surface area contributed by atoms with Crippen molar-refractivity contribution in [3.05, 3.63) is 38.4 Å². The number of rotatable bonds is 7. The second-order valence-electron chi connectivity index (χ2n) is 6.08. The van der Waals surface area contributed by atoms with Crippen LogP contribution in [-0.4, -0.2) is 37.0 Å². The van der Waals surface area contributed by atoms with Crippen LogP contribution in [0.2, 0.25) is 0 Å². The number of carbonyl (C=O) groups excluding carboxylic acids is 2. The second kappa shape index (κ2) is 8.12. The van der Waals surface area contributed by atoms with Crippen LogP contribution in [0.5, 0.6) is 0 Å². The van der Waals surface area contributed by atoms with Gasteiger partial charge in [0.15, 0.2) is 0 Å². The van der Waals surface area contributed by atoms with Gasteiger partial charge in [-0.3, -0.25) is 9.69 Å². The Morgan fingerprint density at radius 3 is 2.92 bits per heavy atom. The fourth-order valence-electron chi connectivity index (χ4n) is 3.05. The minimum absolute atomic E-state index is 0.107. The Bertz CT molecular complexity index is 753. The largest absolute Gasteiger partial charge is 0.462 e. The predicted molar refractivity (Wildman–Crippen MR) is 102 cm³/mol. The highest BCUT2D eigenvalue weighted by Gasteiger charge is 2.28. The van der Waals surface area contributed by atoms with Gasteiger partial charge in [-0.25, -0.2) is 4.79 Å². The van der Waals surface area contributed by atoms with E-state index in [-0.39, 0.29) is 18.4 Å². The average Bonchev–Trinajstić information content (AvgIpc) is 3.24. The minimum atomic E-state index is -0.329. The molecule has 0 bridgehead atoms. The molecule has 0 atom stereocenters. The number of carbonyl (C=O) groups is 2. The number of amides is 1. The number of fused-ring (bicyclic) bond motifs is 1. The van der Waals surface area contributed by atoms with Crippen LogP contribution in [0.15, 0.2) is 17.5 Å². The Balaban J connectivity index is 1.67. The van der Waals surface area contributed by atoms with Crippen LogP contribution >= 0.6 is 22.7 Å². The van der Waals surface area contributed by atoms with E-state index in [1.165, 1.54) is 21.1 Å². The van der Waals surface area contributed by atoms with E-state index in [1.54, 1.807) is 18.3 Å². The maximum atomic E-state index is 12.4. The zero-order valence-corrected chi connectivity index (χ0v) is 16.1. The maximum Gasteiger partial charge on any atom is 0.341 e. The molecule has 1 aliphatic rings. The molecule has 0 fully saturated rings. The highest BCUT2D eigenvalue weighted by atomic mass is 32.1. The van der Waals surface area contributed by atoms with Crippen molar-refractivity contribution in [1.29, 1.82) is 0 Å². The first-order valence-electron chi connectivity index (χ1n) is 8.41. The van der Waals surface area contributed by atoms with Gasteiger partial charge in [-0.1, -0.05) is 6.07 Å². The van der Waals surface area contributed by atoms with Crippen molar-refractivity contribution in [2.24, 2.45) is 0 Å². The van der Waals surface area contributed by atoms with Crippen molar-refractivity contribution in [2.75, 3.05) is 25.5 Å². The molecule has 0 aliphatic heterocycles. The van der Waals surface area contributed by atoms with Crippen molar-refractivity contribution in [1.82, 2.24) is 4.90 Å². The third kappa shape index (κ3) is 4.29. The monoisotopic (exact) mass is 378 g/mol. The van der Waals surface area contributed by atoms with Crippen molar-refractivity contribution in [2.45, 2.75) is 32.7 Å². The predicted octanol–water partition coefficient (Wildman–Crippen LogP) is 3.55. The molecule has 1 N–H and O–H groups in total. The van der Waals surface area contributed by atoms with Gasteiger partial charge in [0.2, 0.25) is 5.91 Å². The molecular formula is C18H22N2O3S2. The number of thiophene rings is 2. The molecule has 134 valence electrons. The Kier molecular flexibility index (Phi) is 5.88. The fraction of sp³-hybridized carbons (Fsp3) is 0.444. The molecule has 0 radical (unpaired) electrons. The number of hydrogen-bond acceptors (Lipinski definition) is 6. The summed E-state index contributed by atoms with van der Waals surface area (Å²) in [6.45, 7) is 3.14. The van der Waals surface area contributed by atoms with Crippen LogP contribution in [0.3, 0.4) is 0 Å². The van der Waals surface area contributed by atoms with Crippen molar-refractivity contribution < 1.29 is 14.3 Å². The van der Waals surface area contributed by atoms with Crippen molar-refractivity contribution >= 4 is 39.6 Å². The Hall–Kier alpha value is -1.70. The maximum absolute atomic E-state index is 12.4. The molecule has 0 aromatic carbocycles. The Morgan fingerprint density at radius 1 is 1.36 bits per heavy atom. The van der Waals surface area contributed by atoms with Crippen LogP contribution < -0.4 is 5.32 Å². The zero-order chi connectivity index (χ0) is 17.8. The van der Waals surface area contributed by atoms with Crippen molar-refractivity contribution in [3.8, 4) is 0 Å². The number of nitrogens with one attached hydrogen (secondary N) is 1. The molecule has 1 amide bonds. The highest BCUT2D eigenvalue weighted by molar-refractivity contribution is 7.17. The quantitative estimate of drug-likeness (QED) is 0.749. The lowest BCUT2D eigenvalue weighted by Crippen LogP contribution is -2.29. The van der Waals surface area contributed by atoms with E-state index in [4.69, 9.17) is 4.74 Å². The summed E-state index contributed by atoms with van der Waals surface area (Å²) in [6, 6.07) is 4.06. The van der Waals surface area contributed by atoms with E-state index < -0.39 is 0 Å². The molecule has 2 aromatic rings. The van der Waals surface area contributed by atoms with Crippen LogP contribution in [0.4, 0.5) is 5.00 Å². The number of likely N-dealkylation sites (N-methyl/N-ethyl adjacent to an activating group) is 1. The van der Waals surface area contributed by atoms with Crippen LogP contribution in [0.25, 0.3) is 0 Å². The van der Waals surface area contributed by atoms with Crippen molar-refractivity contribution in [3.63, 3.8) is 0 Å². The zero-order valence-electron chi connectivity index (χ0n) is 14.5. The molecule has 1 aliphatic carbocycles. The van der Waals surface area contributed by atoms with Gasteiger partial charge in [0.1, 0.15) is 5.00 Å². The molecule has 2 heterocycles. The summed E-state index contributed by atoms with van der Waals surface area (Å²) in [6.07, 6.45) is 2.92. The number of nitrogens with zero attached hydrogens (tertiary/aromatic N) is 1. The highest BCUT2D eigenvalue weighted by Crippen LogP contribution is 2.39. The molecule has 0 spiro atoms. The Labute approximate surface area is 155 Å². The van der Waals surface area contributed by atoms with E-state index >= 15 is 0 Å². The summed E-state index contributed by atoms with van der Waals surface area (Å²) < 4.78 is 5.19. The molecule has 0 saturated carbocycles. The van der Waals surface area contributed by atoms with Gasteiger partial charge in [-0.2, -0.15) is 0 Å². The smallest absolute Gasteiger partial charge is 0.341 e. The topological polar surface area (TPSA) is 58.6 Å². The molecular weight excluding hydrogens is 356 g/mol. The van der Waals surface area contributed by atoms with Gasteiger partial charge < -0.3 is 10.1 Å². The first kappa shape index (κ1) is 18.1. The van der Waals surface area contributed by atoms with Gasteiger partial charge in [-0.05, 0) is 50.2 Å². The summed E-state index contributed by atoms with van der Waals surface area (Å²) in [5, 5.41) is 5.60. The molecule has 3 rings (SSSR count). The van der Waals surface area contributed by atoms with Gasteiger partial charge >= 0.3 is 5.97 Å². The fourth-order valence-corrected chi connectivity index (χ4v) is 5.12. The van der Waals surface area contributed by atoms with E-state index in [0.29, 0.717) is 17.2 Å². The van der Waals surface area contributed by atoms with Gasteiger partial charge in [-0.15, -0.1) is 22.7 Å². The number of aryl methyl sites for hydroxylation is 1. The summed E-state index contributed by atoms with van der Waals surface area (Å²) >= 11 is 3.19. The summed E-state index contributed by atoms with van der Waals surface area (Å²) in [5.41, 5.74) is 1.62. The summed E-state index contributed by atoms with van der Waals surface area (Å²) in [4.78, 5) is 29.1. The van der Waals surface area contributed by atoms with E-state index in [2.05, 4.69) is 11.4 Å². The third-order valence-corrected chi connectivity index (χ3v) is 6.14. The first-order valence-corrected chi connectivity index (χ1v) is 10.1. The van der Waals surface area contributed by atoms with E-state index in [0.717, 1.165) is 31.4 Å².